The molecule has 0 amide bonds. The Morgan fingerprint density at radius 2 is 1.88 bits per heavy atom. The zero-order chi connectivity index (χ0) is 17.7. The summed E-state index contributed by atoms with van der Waals surface area (Å²) < 4.78 is 2.05. The summed E-state index contributed by atoms with van der Waals surface area (Å²) in [6, 6.07) is 12.0. The van der Waals surface area contributed by atoms with Crippen LogP contribution in [-0.4, -0.2) is 20.9 Å². The van der Waals surface area contributed by atoms with Crippen molar-refractivity contribution in [3.8, 4) is 0 Å². The summed E-state index contributed by atoms with van der Waals surface area (Å²) in [6.45, 7) is 3.81. The number of halogens is 1. The van der Waals surface area contributed by atoms with Crippen molar-refractivity contribution in [2.75, 3.05) is 0 Å². The SMILES string of the molecule is CC(C)(C=O)c1cccn2c(C3(c4ccc(Cl)cc4)CCC3)nnc12. The first-order valence-electron chi connectivity index (χ1n) is 8.55. The minimum atomic E-state index is -0.597. The Hall–Kier alpha value is -2.20. The number of aldehydes is 1. The van der Waals surface area contributed by atoms with Gasteiger partial charge in [0.05, 0.1) is 5.41 Å². The number of hydrogen-bond acceptors (Lipinski definition) is 3. The first-order valence-corrected chi connectivity index (χ1v) is 8.93. The summed E-state index contributed by atoms with van der Waals surface area (Å²) in [7, 11) is 0. The lowest BCUT2D eigenvalue weighted by atomic mass is 9.64. The van der Waals surface area contributed by atoms with Crippen molar-refractivity contribution in [2.45, 2.75) is 43.9 Å². The highest BCUT2D eigenvalue weighted by Crippen LogP contribution is 2.48. The predicted molar refractivity (Wildman–Crippen MR) is 98.2 cm³/mol. The molecule has 25 heavy (non-hydrogen) atoms. The van der Waals surface area contributed by atoms with Crippen LogP contribution in [0.5, 0.6) is 0 Å². The number of nitrogens with zero attached hydrogens (tertiary/aromatic N) is 3. The second-order valence-corrected chi connectivity index (χ2v) is 7.86. The molecule has 0 unspecified atom stereocenters. The molecule has 1 aliphatic rings. The van der Waals surface area contributed by atoms with E-state index in [4.69, 9.17) is 11.6 Å². The summed E-state index contributed by atoms with van der Waals surface area (Å²) in [5.41, 5.74) is 2.15. The second kappa shape index (κ2) is 5.67. The Labute approximate surface area is 151 Å². The maximum atomic E-state index is 11.5. The highest BCUT2D eigenvalue weighted by Gasteiger charge is 2.44. The van der Waals surface area contributed by atoms with E-state index >= 15 is 0 Å². The molecule has 1 aromatic carbocycles. The zero-order valence-electron chi connectivity index (χ0n) is 14.4. The van der Waals surface area contributed by atoms with E-state index in [1.807, 2.05) is 48.7 Å². The molecular weight excluding hydrogens is 334 g/mol. The Balaban J connectivity index is 1.91. The molecule has 0 aliphatic heterocycles. The lowest BCUT2D eigenvalue weighted by molar-refractivity contribution is -0.111. The normalized spacial score (nSPS) is 16.6. The van der Waals surface area contributed by atoms with E-state index in [1.165, 1.54) is 5.56 Å². The minimum Gasteiger partial charge on any atom is -0.302 e. The molecule has 5 heteroatoms. The lowest BCUT2D eigenvalue weighted by Crippen LogP contribution is -2.37. The van der Waals surface area contributed by atoms with E-state index in [2.05, 4.69) is 22.3 Å². The summed E-state index contributed by atoms with van der Waals surface area (Å²) in [4.78, 5) is 11.5. The Bertz CT molecular complexity index is 939. The van der Waals surface area contributed by atoms with Crippen molar-refractivity contribution in [3.05, 3.63) is 64.6 Å². The lowest BCUT2D eigenvalue weighted by Gasteiger charge is -2.41. The van der Waals surface area contributed by atoms with Crippen LogP contribution in [0.1, 0.15) is 50.1 Å². The van der Waals surface area contributed by atoms with Crippen molar-refractivity contribution >= 4 is 23.5 Å². The predicted octanol–water partition coefficient (Wildman–Crippen LogP) is 4.33. The van der Waals surface area contributed by atoms with Crippen LogP contribution < -0.4 is 0 Å². The van der Waals surface area contributed by atoms with Crippen LogP contribution in [-0.2, 0) is 15.6 Å². The molecule has 0 radical (unpaired) electrons. The average molecular weight is 354 g/mol. The van der Waals surface area contributed by atoms with Crippen molar-refractivity contribution in [3.63, 3.8) is 0 Å². The molecule has 1 saturated carbocycles. The van der Waals surface area contributed by atoms with Gasteiger partial charge in [-0.25, -0.2) is 0 Å². The van der Waals surface area contributed by atoms with Gasteiger partial charge in [0, 0.05) is 22.2 Å². The molecular formula is C20H20ClN3O. The number of carbonyl (C=O) groups excluding carboxylic acids is 1. The van der Waals surface area contributed by atoms with E-state index in [-0.39, 0.29) is 5.41 Å². The van der Waals surface area contributed by atoms with Crippen LogP contribution in [0.2, 0.25) is 5.02 Å². The van der Waals surface area contributed by atoms with Gasteiger partial charge in [0.15, 0.2) is 5.65 Å². The first-order chi connectivity index (χ1) is 12.0. The molecule has 1 aliphatic carbocycles. The maximum absolute atomic E-state index is 11.5. The van der Waals surface area contributed by atoms with Crippen molar-refractivity contribution in [2.24, 2.45) is 0 Å². The molecule has 0 saturated heterocycles. The number of carbonyl (C=O) groups is 1. The van der Waals surface area contributed by atoms with E-state index < -0.39 is 5.41 Å². The third-order valence-corrected chi connectivity index (χ3v) is 5.71. The molecule has 0 bridgehead atoms. The zero-order valence-corrected chi connectivity index (χ0v) is 15.1. The van der Waals surface area contributed by atoms with Gasteiger partial charge in [0.25, 0.3) is 0 Å². The second-order valence-electron chi connectivity index (χ2n) is 7.42. The van der Waals surface area contributed by atoms with Gasteiger partial charge in [-0.1, -0.05) is 36.2 Å². The van der Waals surface area contributed by atoms with Gasteiger partial charge >= 0.3 is 0 Å². The topological polar surface area (TPSA) is 47.3 Å². The Morgan fingerprint density at radius 1 is 1.16 bits per heavy atom. The summed E-state index contributed by atoms with van der Waals surface area (Å²) >= 11 is 6.06. The molecule has 0 atom stereocenters. The van der Waals surface area contributed by atoms with E-state index in [9.17, 15) is 4.79 Å². The molecule has 2 heterocycles. The van der Waals surface area contributed by atoms with Crippen molar-refractivity contribution < 1.29 is 4.79 Å². The highest BCUT2D eigenvalue weighted by atomic mass is 35.5. The van der Waals surface area contributed by atoms with Crippen LogP contribution in [0.3, 0.4) is 0 Å². The first kappa shape index (κ1) is 16.3. The molecule has 2 aromatic heterocycles. The average Bonchev–Trinajstić information content (AvgIpc) is 3.00. The van der Waals surface area contributed by atoms with Crippen LogP contribution in [0, 0.1) is 0 Å². The van der Waals surface area contributed by atoms with E-state index in [0.717, 1.165) is 47.6 Å². The third kappa shape index (κ3) is 2.39. The van der Waals surface area contributed by atoms with Gasteiger partial charge in [-0.05, 0) is 50.5 Å². The number of hydrogen-bond donors (Lipinski definition) is 0. The molecule has 4 rings (SSSR count). The van der Waals surface area contributed by atoms with Gasteiger partial charge < -0.3 is 4.79 Å². The third-order valence-electron chi connectivity index (χ3n) is 5.46. The number of rotatable bonds is 4. The summed E-state index contributed by atoms with van der Waals surface area (Å²) in [5, 5.41) is 9.75. The number of benzene rings is 1. The van der Waals surface area contributed by atoms with Gasteiger partial charge in [-0.15, -0.1) is 10.2 Å². The number of fused-ring (bicyclic) bond motifs is 1. The van der Waals surface area contributed by atoms with Crippen LogP contribution in [0.4, 0.5) is 0 Å². The van der Waals surface area contributed by atoms with Crippen molar-refractivity contribution in [1.82, 2.24) is 14.6 Å². The largest absolute Gasteiger partial charge is 0.302 e. The number of pyridine rings is 1. The van der Waals surface area contributed by atoms with Crippen LogP contribution in [0.15, 0.2) is 42.6 Å². The maximum Gasteiger partial charge on any atom is 0.165 e. The van der Waals surface area contributed by atoms with Gasteiger partial charge in [-0.3, -0.25) is 4.40 Å². The van der Waals surface area contributed by atoms with Crippen molar-refractivity contribution in [1.29, 1.82) is 0 Å². The highest BCUT2D eigenvalue weighted by molar-refractivity contribution is 6.30. The van der Waals surface area contributed by atoms with Crippen LogP contribution in [0.25, 0.3) is 5.65 Å². The van der Waals surface area contributed by atoms with E-state index in [1.54, 1.807) is 0 Å². The molecule has 0 N–H and O–H groups in total. The van der Waals surface area contributed by atoms with Gasteiger partial charge in [0.2, 0.25) is 0 Å². The standard InChI is InChI=1S/C20H20ClN3O/c1-19(2,13-25)16-5-3-12-24-17(16)22-23-18(24)20(10-4-11-20)14-6-8-15(21)9-7-14/h3,5-9,12-13H,4,10-11H2,1-2H3. The van der Waals surface area contributed by atoms with Gasteiger partial charge in [-0.2, -0.15) is 0 Å². The fraction of sp³-hybridized carbons (Fsp3) is 0.350. The Kier molecular flexibility index (Phi) is 3.69. The number of aromatic nitrogens is 3. The fourth-order valence-electron chi connectivity index (χ4n) is 3.75. The Morgan fingerprint density at radius 3 is 2.48 bits per heavy atom. The molecule has 1 fully saturated rings. The monoisotopic (exact) mass is 353 g/mol. The fourth-order valence-corrected chi connectivity index (χ4v) is 3.88. The summed E-state index contributed by atoms with van der Waals surface area (Å²) in [5.74, 6) is 0.944. The quantitative estimate of drug-likeness (QED) is 0.656. The molecule has 3 aromatic rings. The van der Waals surface area contributed by atoms with Gasteiger partial charge in [0.1, 0.15) is 12.1 Å². The minimum absolute atomic E-state index is 0.131. The summed E-state index contributed by atoms with van der Waals surface area (Å²) in [6.07, 6.45) is 6.20. The molecule has 4 nitrogen and oxygen atoms in total. The smallest absolute Gasteiger partial charge is 0.165 e. The molecule has 128 valence electrons. The molecule has 0 spiro atoms. The van der Waals surface area contributed by atoms with E-state index in [0.29, 0.717) is 0 Å². The van der Waals surface area contributed by atoms with Crippen LogP contribution >= 0.6 is 11.6 Å².